The summed E-state index contributed by atoms with van der Waals surface area (Å²) in [6.07, 6.45) is 0.496. The first-order valence-corrected chi connectivity index (χ1v) is 8.47. The van der Waals surface area contributed by atoms with E-state index < -0.39 is 23.8 Å². The Hall–Kier alpha value is -1.53. The van der Waals surface area contributed by atoms with Crippen molar-refractivity contribution in [2.75, 3.05) is 13.1 Å². The number of hydrogen-bond donors (Lipinski definition) is 2. The lowest BCUT2D eigenvalue weighted by Gasteiger charge is -2.34. The molecule has 2 atom stereocenters. The van der Waals surface area contributed by atoms with Crippen molar-refractivity contribution < 1.29 is 18.7 Å². The van der Waals surface area contributed by atoms with Gasteiger partial charge in [-0.05, 0) is 64.4 Å². The molecule has 1 aromatic rings. The molecule has 1 amide bonds. The van der Waals surface area contributed by atoms with Crippen molar-refractivity contribution in [1.29, 1.82) is 0 Å². The van der Waals surface area contributed by atoms with Crippen LogP contribution in [-0.4, -0.2) is 41.1 Å². The van der Waals surface area contributed by atoms with E-state index in [0.717, 1.165) is 38.1 Å². The average molecular weight is 340 g/mol. The smallest absolute Gasteiger partial charge is 0.223 e. The molecular weight excluding hydrogens is 314 g/mol. The Morgan fingerprint density at radius 1 is 1.21 bits per heavy atom. The van der Waals surface area contributed by atoms with Gasteiger partial charge in [-0.15, -0.1) is 0 Å². The molecule has 2 N–H and O–H groups in total. The van der Waals surface area contributed by atoms with Gasteiger partial charge in [-0.2, -0.15) is 0 Å². The summed E-state index contributed by atoms with van der Waals surface area (Å²) < 4.78 is 26.3. The van der Waals surface area contributed by atoms with Gasteiger partial charge in [0.25, 0.3) is 0 Å². The summed E-state index contributed by atoms with van der Waals surface area (Å²) in [4.78, 5) is 14.7. The van der Waals surface area contributed by atoms with Crippen LogP contribution in [0.15, 0.2) is 18.2 Å². The molecule has 24 heavy (non-hydrogen) atoms. The number of carbonyl (C=O) groups is 1. The molecule has 134 valence electrons. The fraction of sp³-hybridized carbons (Fsp3) is 0.611. The number of carbonyl (C=O) groups excluding carboxylic acids is 1. The summed E-state index contributed by atoms with van der Waals surface area (Å²) in [5.74, 6) is -2.13. The lowest BCUT2D eigenvalue weighted by atomic mass is 9.94. The van der Waals surface area contributed by atoms with Gasteiger partial charge in [0.15, 0.2) is 11.6 Å². The van der Waals surface area contributed by atoms with E-state index in [-0.39, 0.29) is 17.4 Å². The van der Waals surface area contributed by atoms with Crippen LogP contribution in [0.4, 0.5) is 8.78 Å². The van der Waals surface area contributed by atoms with Crippen LogP contribution in [0.5, 0.6) is 0 Å². The molecule has 2 unspecified atom stereocenters. The van der Waals surface area contributed by atoms with E-state index in [1.165, 1.54) is 6.07 Å². The highest BCUT2D eigenvalue weighted by molar-refractivity contribution is 5.79. The number of amides is 1. The maximum atomic E-state index is 13.3. The first kappa shape index (κ1) is 18.8. The topological polar surface area (TPSA) is 52.6 Å². The molecule has 0 spiro atoms. The van der Waals surface area contributed by atoms with Gasteiger partial charge in [-0.3, -0.25) is 4.79 Å². The molecular formula is C18H26F2N2O2. The Bertz CT molecular complexity index is 572. The number of benzene rings is 1. The quantitative estimate of drug-likeness (QED) is 0.866. The summed E-state index contributed by atoms with van der Waals surface area (Å²) in [7, 11) is 0. The zero-order valence-electron chi connectivity index (χ0n) is 14.4. The van der Waals surface area contributed by atoms with Crippen LogP contribution >= 0.6 is 0 Å². The first-order valence-electron chi connectivity index (χ1n) is 8.47. The van der Waals surface area contributed by atoms with Gasteiger partial charge >= 0.3 is 0 Å². The number of nitrogens with one attached hydrogen (secondary N) is 1. The maximum Gasteiger partial charge on any atom is 0.223 e. The van der Waals surface area contributed by atoms with Crippen molar-refractivity contribution in [3.8, 4) is 0 Å². The molecule has 2 rings (SSSR count). The number of nitrogens with zero attached hydrogens (tertiary/aromatic N) is 1. The van der Waals surface area contributed by atoms with Crippen molar-refractivity contribution >= 4 is 5.91 Å². The fourth-order valence-corrected chi connectivity index (χ4v) is 3.08. The minimum absolute atomic E-state index is 0.0698. The molecule has 1 fully saturated rings. The number of aliphatic hydroxyl groups is 1. The van der Waals surface area contributed by atoms with Gasteiger partial charge < -0.3 is 15.3 Å². The van der Waals surface area contributed by atoms with Gasteiger partial charge in [0.1, 0.15) is 0 Å². The van der Waals surface area contributed by atoms with Crippen molar-refractivity contribution in [3.63, 3.8) is 0 Å². The molecule has 0 aromatic heterocycles. The van der Waals surface area contributed by atoms with Crippen LogP contribution in [0.1, 0.15) is 45.3 Å². The molecule has 0 saturated carbocycles. The van der Waals surface area contributed by atoms with Gasteiger partial charge in [0, 0.05) is 12.0 Å². The van der Waals surface area contributed by atoms with Crippen LogP contribution in [0.2, 0.25) is 0 Å². The van der Waals surface area contributed by atoms with Crippen molar-refractivity contribution in [2.45, 2.75) is 51.8 Å². The number of likely N-dealkylation sites (tertiary alicyclic amines) is 1. The van der Waals surface area contributed by atoms with E-state index in [2.05, 4.69) is 24.1 Å². The third-order valence-electron chi connectivity index (χ3n) is 4.76. The molecule has 1 aliphatic heterocycles. The molecule has 0 aliphatic carbocycles. The molecule has 6 heteroatoms. The normalized spacial score (nSPS) is 19.3. The number of piperidine rings is 1. The zero-order valence-corrected chi connectivity index (χ0v) is 14.4. The second kappa shape index (κ2) is 8.03. The summed E-state index contributed by atoms with van der Waals surface area (Å²) >= 11 is 0. The second-order valence-corrected chi connectivity index (χ2v) is 6.82. The Morgan fingerprint density at radius 2 is 1.83 bits per heavy atom. The van der Waals surface area contributed by atoms with Crippen LogP contribution in [-0.2, 0) is 4.79 Å². The summed E-state index contributed by atoms with van der Waals surface area (Å²) in [5, 5.41) is 13.1. The highest BCUT2D eigenvalue weighted by Crippen LogP contribution is 2.22. The van der Waals surface area contributed by atoms with Crippen molar-refractivity contribution in [2.24, 2.45) is 5.92 Å². The second-order valence-electron chi connectivity index (χ2n) is 6.82. The predicted octanol–water partition coefficient (Wildman–Crippen LogP) is 2.62. The molecule has 0 radical (unpaired) electrons. The highest BCUT2D eigenvalue weighted by atomic mass is 19.2. The number of rotatable bonds is 5. The van der Waals surface area contributed by atoms with Crippen LogP contribution in [0, 0.1) is 17.6 Å². The Balaban J connectivity index is 1.90. The molecule has 1 aromatic carbocycles. The lowest BCUT2D eigenvalue weighted by molar-refractivity contribution is -0.128. The van der Waals surface area contributed by atoms with Gasteiger partial charge in [-0.1, -0.05) is 6.07 Å². The SMILES string of the molecule is CC(NC(=O)C1CCN(C(C)C)CC1)C(O)c1ccc(F)c(F)c1. The third-order valence-corrected chi connectivity index (χ3v) is 4.76. The van der Waals surface area contributed by atoms with Crippen LogP contribution in [0.3, 0.4) is 0 Å². The average Bonchev–Trinajstić information content (AvgIpc) is 2.56. The van der Waals surface area contributed by atoms with Crippen molar-refractivity contribution in [1.82, 2.24) is 10.2 Å². The standard InChI is InChI=1S/C18H26F2N2O2/c1-11(2)22-8-6-13(7-9-22)18(24)21-12(3)17(23)14-4-5-15(19)16(20)10-14/h4-5,10-13,17,23H,6-9H2,1-3H3,(H,21,24). The highest BCUT2D eigenvalue weighted by Gasteiger charge is 2.28. The Morgan fingerprint density at radius 3 is 2.38 bits per heavy atom. The van der Waals surface area contributed by atoms with Gasteiger partial charge in [0.05, 0.1) is 12.1 Å². The minimum Gasteiger partial charge on any atom is -0.386 e. The van der Waals surface area contributed by atoms with Gasteiger partial charge in [-0.25, -0.2) is 8.78 Å². The fourth-order valence-electron chi connectivity index (χ4n) is 3.08. The van der Waals surface area contributed by atoms with E-state index in [1.807, 2.05) is 0 Å². The molecule has 0 bridgehead atoms. The summed E-state index contributed by atoms with van der Waals surface area (Å²) in [6, 6.07) is 3.16. The van der Waals surface area contributed by atoms with E-state index in [9.17, 15) is 18.7 Å². The van der Waals surface area contributed by atoms with Crippen LogP contribution < -0.4 is 5.32 Å². The number of hydrogen-bond acceptors (Lipinski definition) is 3. The molecule has 1 heterocycles. The van der Waals surface area contributed by atoms with Crippen LogP contribution in [0.25, 0.3) is 0 Å². The van der Waals surface area contributed by atoms with E-state index in [0.29, 0.717) is 6.04 Å². The van der Waals surface area contributed by atoms with Crippen molar-refractivity contribution in [3.05, 3.63) is 35.4 Å². The lowest BCUT2D eigenvalue weighted by Crippen LogP contribution is -2.46. The Labute approximate surface area is 141 Å². The molecule has 1 saturated heterocycles. The minimum atomic E-state index is -1.08. The summed E-state index contributed by atoms with van der Waals surface area (Å²) in [6.45, 7) is 7.71. The molecule has 4 nitrogen and oxygen atoms in total. The largest absolute Gasteiger partial charge is 0.386 e. The zero-order chi connectivity index (χ0) is 17.9. The van der Waals surface area contributed by atoms with E-state index in [4.69, 9.17) is 0 Å². The number of halogens is 2. The third kappa shape index (κ3) is 4.51. The monoisotopic (exact) mass is 340 g/mol. The van der Waals surface area contributed by atoms with E-state index >= 15 is 0 Å². The maximum absolute atomic E-state index is 13.3. The first-order chi connectivity index (χ1) is 11.3. The summed E-state index contributed by atoms with van der Waals surface area (Å²) in [5.41, 5.74) is 0.247. The van der Waals surface area contributed by atoms with E-state index in [1.54, 1.807) is 6.92 Å². The van der Waals surface area contributed by atoms with Gasteiger partial charge in [0.2, 0.25) is 5.91 Å². The molecule has 1 aliphatic rings. The predicted molar refractivity (Wildman–Crippen MR) is 88.4 cm³/mol. The Kier molecular flexibility index (Phi) is 6.29. The number of aliphatic hydroxyl groups excluding tert-OH is 1.